The molecule has 1 amide bonds. The predicted molar refractivity (Wildman–Crippen MR) is 70.2 cm³/mol. The van der Waals surface area contributed by atoms with E-state index in [4.69, 9.17) is 11.6 Å². The van der Waals surface area contributed by atoms with Crippen molar-refractivity contribution in [3.63, 3.8) is 0 Å². The van der Waals surface area contributed by atoms with E-state index in [2.05, 4.69) is 10.3 Å². The molecule has 0 saturated heterocycles. The SMILES string of the molecule is O=C(Nc1cc([N+](=O)[O-])c(F)cc1F)c1cccc(Cl)n1. The van der Waals surface area contributed by atoms with Gasteiger partial charge in [0.2, 0.25) is 5.82 Å². The van der Waals surface area contributed by atoms with Crippen LogP contribution in [0.4, 0.5) is 20.2 Å². The van der Waals surface area contributed by atoms with E-state index in [1.54, 1.807) is 0 Å². The van der Waals surface area contributed by atoms with Gasteiger partial charge in [0, 0.05) is 12.1 Å². The fraction of sp³-hybridized carbons (Fsp3) is 0. The van der Waals surface area contributed by atoms with Crippen LogP contribution < -0.4 is 5.32 Å². The van der Waals surface area contributed by atoms with Gasteiger partial charge in [-0.3, -0.25) is 14.9 Å². The number of amides is 1. The molecule has 2 rings (SSSR count). The highest BCUT2D eigenvalue weighted by Crippen LogP contribution is 2.25. The third-order valence-electron chi connectivity index (χ3n) is 2.43. The molecular formula is C12H6ClF2N3O3. The van der Waals surface area contributed by atoms with Crippen molar-refractivity contribution in [3.05, 3.63) is 62.9 Å². The number of hydrogen-bond donors (Lipinski definition) is 1. The van der Waals surface area contributed by atoms with E-state index in [0.29, 0.717) is 12.1 Å². The average molecular weight is 314 g/mol. The Bertz CT molecular complexity index is 740. The van der Waals surface area contributed by atoms with Crippen LogP contribution in [0.25, 0.3) is 0 Å². The van der Waals surface area contributed by atoms with E-state index >= 15 is 0 Å². The molecular weight excluding hydrogens is 308 g/mol. The average Bonchev–Trinajstić information content (AvgIpc) is 2.41. The number of nitrogens with one attached hydrogen (secondary N) is 1. The minimum Gasteiger partial charge on any atom is -0.318 e. The number of nitro groups is 1. The molecule has 1 heterocycles. The molecule has 0 radical (unpaired) electrons. The number of carbonyl (C=O) groups excluding carboxylic acids is 1. The minimum atomic E-state index is -1.34. The van der Waals surface area contributed by atoms with Crippen molar-refractivity contribution >= 4 is 28.9 Å². The number of hydrogen-bond acceptors (Lipinski definition) is 4. The lowest BCUT2D eigenvalue weighted by Gasteiger charge is -2.06. The van der Waals surface area contributed by atoms with Crippen molar-refractivity contribution < 1.29 is 18.5 Å². The van der Waals surface area contributed by atoms with Gasteiger partial charge in [-0.1, -0.05) is 17.7 Å². The second-order valence-electron chi connectivity index (χ2n) is 3.84. The Hall–Kier alpha value is -2.61. The molecule has 0 aliphatic carbocycles. The van der Waals surface area contributed by atoms with Gasteiger partial charge >= 0.3 is 5.69 Å². The normalized spacial score (nSPS) is 10.2. The Morgan fingerprint density at radius 1 is 1.29 bits per heavy atom. The van der Waals surface area contributed by atoms with Gasteiger partial charge in [-0.2, -0.15) is 4.39 Å². The Morgan fingerprint density at radius 3 is 2.62 bits per heavy atom. The highest BCUT2D eigenvalue weighted by molar-refractivity contribution is 6.29. The van der Waals surface area contributed by atoms with Crippen molar-refractivity contribution in [3.8, 4) is 0 Å². The summed E-state index contributed by atoms with van der Waals surface area (Å²) >= 11 is 5.61. The van der Waals surface area contributed by atoms with E-state index in [1.807, 2.05) is 0 Å². The van der Waals surface area contributed by atoms with Gasteiger partial charge < -0.3 is 5.32 Å². The number of nitro benzene ring substituents is 1. The van der Waals surface area contributed by atoms with Crippen LogP contribution in [-0.4, -0.2) is 15.8 Å². The number of anilines is 1. The van der Waals surface area contributed by atoms with Crippen LogP contribution in [0.5, 0.6) is 0 Å². The number of aromatic nitrogens is 1. The molecule has 2 aromatic rings. The lowest BCUT2D eigenvalue weighted by molar-refractivity contribution is -0.387. The van der Waals surface area contributed by atoms with Crippen molar-refractivity contribution in [1.29, 1.82) is 0 Å². The number of benzene rings is 1. The molecule has 1 N–H and O–H groups in total. The number of pyridine rings is 1. The van der Waals surface area contributed by atoms with Crippen LogP contribution in [0.2, 0.25) is 5.15 Å². The first-order valence-electron chi connectivity index (χ1n) is 5.46. The monoisotopic (exact) mass is 313 g/mol. The molecule has 0 saturated carbocycles. The first-order valence-corrected chi connectivity index (χ1v) is 5.83. The van der Waals surface area contributed by atoms with Gasteiger partial charge in [0.25, 0.3) is 5.91 Å². The maximum atomic E-state index is 13.5. The maximum Gasteiger partial charge on any atom is 0.307 e. The summed E-state index contributed by atoms with van der Waals surface area (Å²) in [5.41, 5.74) is -1.60. The van der Waals surface area contributed by atoms with E-state index < -0.39 is 33.8 Å². The molecule has 0 atom stereocenters. The number of rotatable bonds is 3. The summed E-state index contributed by atoms with van der Waals surface area (Å²) in [6.07, 6.45) is 0. The third kappa shape index (κ3) is 3.29. The first-order chi connectivity index (χ1) is 9.88. The van der Waals surface area contributed by atoms with Gasteiger partial charge in [0.15, 0.2) is 0 Å². The molecule has 6 nitrogen and oxygen atoms in total. The van der Waals surface area contributed by atoms with Gasteiger partial charge in [0.05, 0.1) is 10.6 Å². The molecule has 1 aromatic carbocycles. The second kappa shape index (κ2) is 5.80. The molecule has 0 spiro atoms. The molecule has 0 fully saturated rings. The third-order valence-corrected chi connectivity index (χ3v) is 2.64. The Labute approximate surface area is 121 Å². The van der Waals surface area contributed by atoms with Crippen LogP contribution >= 0.6 is 11.6 Å². The fourth-order valence-electron chi connectivity index (χ4n) is 1.49. The summed E-state index contributed by atoms with van der Waals surface area (Å²) in [5.74, 6) is -3.32. The Morgan fingerprint density at radius 2 is 2.00 bits per heavy atom. The quantitative estimate of drug-likeness (QED) is 0.536. The van der Waals surface area contributed by atoms with Crippen LogP contribution in [0.15, 0.2) is 30.3 Å². The van der Waals surface area contributed by atoms with Gasteiger partial charge in [0.1, 0.15) is 16.7 Å². The molecule has 0 unspecified atom stereocenters. The van der Waals surface area contributed by atoms with Gasteiger partial charge in [-0.05, 0) is 12.1 Å². The molecule has 0 aliphatic heterocycles. The predicted octanol–water partition coefficient (Wildman–Crippen LogP) is 3.17. The largest absolute Gasteiger partial charge is 0.318 e. The molecule has 9 heteroatoms. The standard InChI is InChI=1S/C12H6ClF2N3O3/c13-11-3-1-2-8(16-11)12(19)17-9-5-10(18(20)21)7(15)4-6(9)14/h1-5H,(H,17,19). The minimum absolute atomic E-state index is 0.0493. The zero-order chi connectivity index (χ0) is 15.6. The van der Waals surface area contributed by atoms with Gasteiger partial charge in [-0.25, -0.2) is 9.37 Å². The highest BCUT2D eigenvalue weighted by atomic mass is 35.5. The topological polar surface area (TPSA) is 85.1 Å². The van der Waals surface area contributed by atoms with Gasteiger partial charge in [-0.15, -0.1) is 0 Å². The maximum absolute atomic E-state index is 13.5. The summed E-state index contributed by atoms with van der Waals surface area (Å²) in [5, 5.41) is 12.7. The summed E-state index contributed by atoms with van der Waals surface area (Å²) < 4.78 is 26.7. The van der Waals surface area contributed by atoms with Crippen molar-refractivity contribution in [2.24, 2.45) is 0 Å². The zero-order valence-corrected chi connectivity index (χ0v) is 10.9. The molecule has 0 bridgehead atoms. The van der Waals surface area contributed by atoms with E-state index in [9.17, 15) is 23.7 Å². The summed E-state index contributed by atoms with van der Waals surface area (Å²) in [6.45, 7) is 0. The lowest BCUT2D eigenvalue weighted by atomic mass is 10.2. The van der Waals surface area contributed by atoms with Crippen molar-refractivity contribution in [2.75, 3.05) is 5.32 Å². The molecule has 21 heavy (non-hydrogen) atoms. The van der Waals surface area contributed by atoms with Crippen molar-refractivity contribution in [2.45, 2.75) is 0 Å². The number of nitrogens with zero attached hydrogens (tertiary/aromatic N) is 2. The first kappa shape index (κ1) is 14.8. The number of halogens is 3. The van der Waals surface area contributed by atoms with Crippen LogP contribution in [0, 0.1) is 21.7 Å². The van der Waals surface area contributed by atoms with Crippen LogP contribution in [0.1, 0.15) is 10.5 Å². The van der Waals surface area contributed by atoms with Crippen molar-refractivity contribution in [1.82, 2.24) is 4.98 Å². The lowest BCUT2D eigenvalue weighted by Crippen LogP contribution is -2.15. The fourth-order valence-corrected chi connectivity index (χ4v) is 1.66. The van der Waals surface area contributed by atoms with Crippen LogP contribution in [-0.2, 0) is 0 Å². The van der Waals surface area contributed by atoms with Crippen LogP contribution in [0.3, 0.4) is 0 Å². The van der Waals surface area contributed by atoms with E-state index in [-0.39, 0.29) is 10.8 Å². The molecule has 1 aromatic heterocycles. The Kier molecular flexibility index (Phi) is 4.08. The number of carbonyl (C=O) groups is 1. The van der Waals surface area contributed by atoms with E-state index in [1.165, 1.54) is 18.2 Å². The summed E-state index contributed by atoms with van der Waals surface area (Å²) in [6, 6.07) is 5.11. The molecule has 108 valence electrons. The summed E-state index contributed by atoms with van der Waals surface area (Å²) in [7, 11) is 0. The Balaban J connectivity index is 2.33. The second-order valence-corrected chi connectivity index (χ2v) is 4.23. The zero-order valence-electron chi connectivity index (χ0n) is 10.1. The molecule has 0 aliphatic rings. The van der Waals surface area contributed by atoms with E-state index in [0.717, 1.165) is 0 Å². The highest BCUT2D eigenvalue weighted by Gasteiger charge is 2.20. The summed E-state index contributed by atoms with van der Waals surface area (Å²) in [4.78, 5) is 25.1. The smallest absolute Gasteiger partial charge is 0.307 e.